The molecule has 1 N–H and O–H groups in total. The summed E-state index contributed by atoms with van der Waals surface area (Å²) < 4.78 is 21.0. The normalized spacial score (nSPS) is 11.0. The average molecular weight is 505 g/mol. The number of amides is 1. The van der Waals surface area contributed by atoms with E-state index in [0.29, 0.717) is 29.2 Å². The highest BCUT2D eigenvalue weighted by atomic mass is 19.1. The Bertz CT molecular complexity index is 1540. The van der Waals surface area contributed by atoms with Gasteiger partial charge in [-0.2, -0.15) is 10.2 Å². The van der Waals surface area contributed by atoms with Gasteiger partial charge in [-0.3, -0.25) is 4.79 Å². The SMILES string of the molecule is Cc1ccc(COc2ccc(C(=O)N/N=C\c3cn(-c4ccccc4)nc3-c3ccc(F)cc3)cc2)cc1. The van der Waals surface area contributed by atoms with Gasteiger partial charge in [0.1, 0.15) is 23.9 Å². The Labute approximate surface area is 220 Å². The zero-order valence-corrected chi connectivity index (χ0v) is 20.7. The summed E-state index contributed by atoms with van der Waals surface area (Å²) >= 11 is 0. The van der Waals surface area contributed by atoms with E-state index in [1.807, 2.05) is 67.7 Å². The van der Waals surface area contributed by atoms with Gasteiger partial charge in [-0.05, 0) is 73.2 Å². The maximum atomic E-state index is 13.5. The van der Waals surface area contributed by atoms with Crippen molar-refractivity contribution in [2.45, 2.75) is 13.5 Å². The number of hydrogen-bond acceptors (Lipinski definition) is 4. The van der Waals surface area contributed by atoms with Crippen LogP contribution in [0, 0.1) is 12.7 Å². The first-order valence-electron chi connectivity index (χ1n) is 12.1. The zero-order chi connectivity index (χ0) is 26.3. The number of nitrogens with one attached hydrogen (secondary N) is 1. The molecule has 0 radical (unpaired) electrons. The van der Waals surface area contributed by atoms with Crippen LogP contribution in [0.5, 0.6) is 5.75 Å². The molecule has 1 aromatic heterocycles. The number of aryl methyl sites for hydroxylation is 1. The molecule has 4 aromatic carbocycles. The lowest BCUT2D eigenvalue weighted by Gasteiger charge is -2.07. The van der Waals surface area contributed by atoms with Crippen molar-refractivity contribution in [1.82, 2.24) is 15.2 Å². The molecule has 0 bridgehead atoms. The number of ether oxygens (including phenoxy) is 1. The van der Waals surface area contributed by atoms with Gasteiger partial charge in [0.2, 0.25) is 0 Å². The monoisotopic (exact) mass is 504 g/mol. The Hall–Kier alpha value is -5.04. The highest BCUT2D eigenvalue weighted by molar-refractivity contribution is 5.95. The first-order valence-corrected chi connectivity index (χ1v) is 12.1. The fourth-order valence-electron chi connectivity index (χ4n) is 3.81. The predicted molar refractivity (Wildman–Crippen MR) is 146 cm³/mol. The quantitative estimate of drug-likeness (QED) is 0.198. The summed E-state index contributed by atoms with van der Waals surface area (Å²) in [5, 5.41) is 8.82. The number of carbonyl (C=O) groups excluding carboxylic acids is 1. The Morgan fingerprint density at radius 2 is 1.66 bits per heavy atom. The van der Waals surface area contributed by atoms with Crippen molar-refractivity contribution in [3.63, 3.8) is 0 Å². The zero-order valence-electron chi connectivity index (χ0n) is 20.7. The number of hydrogen-bond donors (Lipinski definition) is 1. The lowest BCUT2D eigenvalue weighted by atomic mass is 10.1. The molecule has 5 rings (SSSR count). The molecule has 0 saturated carbocycles. The molecule has 5 aromatic rings. The molecule has 0 saturated heterocycles. The lowest BCUT2D eigenvalue weighted by Crippen LogP contribution is -2.17. The van der Waals surface area contributed by atoms with Gasteiger partial charge in [0.05, 0.1) is 11.9 Å². The number of halogens is 1. The van der Waals surface area contributed by atoms with E-state index in [1.165, 1.54) is 23.9 Å². The summed E-state index contributed by atoms with van der Waals surface area (Å²) in [5.74, 6) is -0.0155. The van der Waals surface area contributed by atoms with Gasteiger partial charge in [0.25, 0.3) is 5.91 Å². The maximum Gasteiger partial charge on any atom is 0.271 e. The van der Waals surface area contributed by atoms with Crippen LogP contribution in [0.4, 0.5) is 4.39 Å². The predicted octanol–water partition coefficient (Wildman–Crippen LogP) is 6.33. The molecule has 0 aliphatic carbocycles. The van der Waals surface area contributed by atoms with E-state index in [0.717, 1.165) is 16.8 Å². The lowest BCUT2D eigenvalue weighted by molar-refractivity contribution is 0.0955. The molecule has 0 aliphatic rings. The Balaban J connectivity index is 1.27. The summed E-state index contributed by atoms with van der Waals surface area (Å²) in [5.41, 5.74) is 8.15. The number of nitrogens with zero attached hydrogens (tertiary/aromatic N) is 3. The van der Waals surface area contributed by atoms with Crippen LogP contribution in [0.1, 0.15) is 27.0 Å². The van der Waals surface area contributed by atoms with Gasteiger partial charge in [-0.15, -0.1) is 0 Å². The van der Waals surface area contributed by atoms with Gasteiger partial charge in [0, 0.05) is 22.9 Å². The molecule has 0 unspecified atom stereocenters. The van der Waals surface area contributed by atoms with Gasteiger partial charge >= 0.3 is 0 Å². The van der Waals surface area contributed by atoms with Crippen LogP contribution in [0.3, 0.4) is 0 Å². The van der Waals surface area contributed by atoms with E-state index >= 15 is 0 Å². The van der Waals surface area contributed by atoms with Crippen molar-refractivity contribution in [2.24, 2.45) is 5.10 Å². The second-order valence-electron chi connectivity index (χ2n) is 8.72. The molecule has 0 atom stereocenters. The molecule has 188 valence electrons. The van der Waals surface area contributed by atoms with Crippen molar-refractivity contribution in [3.05, 3.63) is 137 Å². The molecule has 0 aliphatic heterocycles. The Morgan fingerprint density at radius 1 is 0.947 bits per heavy atom. The number of hydrazone groups is 1. The standard InChI is InChI=1S/C31H25FN4O2/c1-22-7-9-23(10-8-22)21-38-29-17-13-25(14-18-29)31(37)34-33-19-26-20-36(28-5-3-2-4-6-28)35-30(26)24-11-15-27(32)16-12-24/h2-20H,21H2,1H3,(H,34,37)/b33-19-. The average Bonchev–Trinajstić information content (AvgIpc) is 3.38. The van der Waals surface area contributed by atoms with Crippen LogP contribution in [0.25, 0.3) is 16.9 Å². The van der Waals surface area contributed by atoms with Crippen molar-refractivity contribution in [2.75, 3.05) is 0 Å². The number of carbonyl (C=O) groups is 1. The smallest absolute Gasteiger partial charge is 0.271 e. The summed E-state index contributed by atoms with van der Waals surface area (Å²) in [6.07, 6.45) is 3.34. The fraction of sp³-hybridized carbons (Fsp3) is 0.0645. The third-order valence-corrected chi connectivity index (χ3v) is 5.89. The van der Waals surface area contributed by atoms with Crippen LogP contribution >= 0.6 is 0 Å². The molecule has 1 amide bonds. The summed E-state index contributed by atoms with van der Waals surface area (Å²) in [6, 6.07) is 30.7. The van der Waals surface area contributed by atoms with Gasteiger partial charge in [0.15, 0.2) is 0 Å². The van der Waals surface area contributed by atoms with E-state index in [-0.39, 0.29) is 11.7 Å². The van der Waals surface area contributed by atoms with E-state index in [1.54, 1.807) is 41.1 Å². The van der Waals surface area contributed by atoms with Crippen LogP contribution in [-0.2, 0) is 6.61 Å². The van der Waals surface area contributed by atoms with E-state index in [2.05, 4.69) is 15.6 Å². The summed E-state index contributed by atoms with van der Waals surface area (Å²) in [7, 11) is 0. The third kappa shape index (κ3) is 6.02. The van der Waals surface area contributed by atoms with E-state index in [9.17, 15) is 9.18 Å². The first-order chi connectivity index (χ1) is 18.5. The second-order valence-corrected chi connectivity index (χ2v) is 8.72. The third-order valence-electron chi connectivity index (χ3n) is 5.89. The maximum absolute atomic E-state index is 13.5. The molecule has 38 heavy (non-hydrogen) atoms. The largest absolute Gasteiger partial charge is 0.489 e. The number of para-hydroxylation sites is 1. The molecule has 0 fully saturated rings. The van der Waals surface area contributed by atoms with Crippen molar-refractivity contribution < 1.29 is 13.9 Å². The minimum absolute atomic E-state index is 0.328. The van der Waals surface area contributed by atoms with E-state index in [4.69, 9.17) is 4.74 Å². The van der Waals surface area contributed by atoms with Crippen LogP contribution in [-0.4, -0.2) is 21.9 Å². The summed E-state index contributed by atoms with van der Waals surface area (Å²) in [6.45, 7) is 2.49. The van der Waals surface area contributed by atoms with Crippen molar-refractivity contribution >= 4 is 12.1 Å². The number of aromatic nitrogens is 2. The van der Waals surface area contributed by atoms with Gasteiger partial charge in [-0.25, -0.2) is 14.5 Å². The van der Waals surface area contributed by atoms with Crippen molar-refractivity contribution in [3.8, 4) is 22.7 Å². The van der Waals surface area contributed by atoms with Crippen LogP contribution in [0.15, 0.2) is 114 Å². The Morgan fingerprint density at radius 3 is 2.37 bits per heavy atom. The van der Waals surface area contributed by atoms with Crippen LogP contribution in [0.2, 0.25) is 0 Å². The number of benzene rings is 4. The molecule has 7 heteroatoms. The van der Waals surface area contributed by atoms with Gasteiger partial charge in [-0.1, -0.05) is 48.0 Å². The summed E-state index contributed by atoms with van der Waals surface area (Å²) in [4.78, 5) is 12.6. The highest BCUT2D eigenvalue weighted by Gasteiger charge is 2.12. The second kappa shape index (κ2) is 11.3. The fourth-order valence-corrected chi connectivity index (χ4v) is 3.81. The van der Waals surface area contributed by atoms with E-state index < -0.39 is 0 Å². The molecule has 0 spiro atoms. The molecular formula is C31H25FN4O2. The van der Waals surface area contributed by atoms with Gasteiger partial charge < -0.3 is 4.74 Å². The molecule has 6 nitrogen and oxygen atoms in total. The minimum Gasteiger partial charge on any atom is -0.489 e. The first kappa shape index (κ1) is 24.6. The topological polar surface area (TPSA) is 68.5 Å². The highest BCUT2D eigenvalue weighted by Crippen LogP contribution is 2.23. The molecular weight excluding hydrogens is 479 g/mol. The van der Waals surface area contributed by atoms with Crippen LogP contribution < -0.4 is 10.2 Å². The molecule has 1 heterocycles. The van der Waals surface area contributed by atoms with Crippen molar-refractivity contribution in [1.29, 1.82) is 0 Å². The minimum atomic E-state index is -0.356. The number of rotatable bonds is 8. The Kier molecular flexibility index (Phi) is 7.36.